The van der Waals surface area contributed by atoms with Gasteiger partial charge in [-0.15, -0.1) is 0 Å². The van der Waals surface area contributed by atoms with Gasteiger partial charge in [-0.25, -0.2) is 4.39 Å². The molecule has 1 aliphatic rings. The number of nitrogens with one attached hydrogen (secondary N) is 1. The van der Waals surface area contributed by atoms with E-state index in [1.807, 2.05) is 18.2 Å². The smallest absolute Gasteiger partial charge is 0.126 e. The summed E-state index contributed by atoms with van der Waals surface area (Å²) in [5.41, 5.74) is 4.91. The van der Waals surface area contributed by atoms with E-state index in [-0.39, 0.29) is 5.82 Å². The third-order valence-electron chi connectivity index (χ3n) is 5.62. The summed E-state index contributed by atoms with van der Waals surface area (Å²) in [5.74, 6) is -0.0940. The second-order valence-electron chi connectivity index (χ2n) is 7.56. The van der Waals surface area contributed by atoms with Crippen molar-refractivity contribution in [2.24, 2.45) is 0 Å². The quantitative estimate of drug-likeness (QED) is 0.609. The van der Waals surface area contributed by atoms with Crippen LogP contribution in [0.25, 0.3) is 0 Å². The van der Waals surface area contributed by atoms with Crippen molar-refractivity contribution < 1.29 is 4.39 Å². The first-order chi connectivity index (χ1) is 13.8. The first-order valence-corrected chi connectivity index (χ1v) is 10.1. The fraction of sp³-hybridized carbons (Fsp3) is 0.280. The predicted molar refractivity (Wildman–Crippen MR) is 113 cm³/mol. The summed E-state index contributed by atoms with van der Waals surface area (Å²) >= 11 is 0. The Hall–Kier alpha value is -2.49. The molecular weight excluding hydrogens is 347 g/mol. The maximum atomic E-state index is 14.2. The highest BCUT2D eigenvalue weighted by atomic mass is 19.1. The van der Waals surface area contributed by atoms with Gasteiger partial charge in [-0.3, -0.25) is 4.90 Å². The average molecular weight is 375 g/mol. The third-order valence-corrected chi connectivity index (χ3v) is 5.62. The van der Waals surface area contributed by atoms with Crippen LogP contribution in [-0.4, -0.2) is 24.0 Å². The van der Waals surface area contributed by atoms with Gasteiger partial charge in [0, 0.05) is 32.2 Å². The molecule has 0 spiro atoms. The highest BCUT2D eigenvalue weighted by molar-refractivity contribution is 5.31. The molecule has 4 rings (SSSR count). The van der Waals surface area contributed by atoms with Crippen LogP contribution in [-0.2, 0) is 25.9 Å². The van der Waals surface area contributed by atoms with Crippen molar-refractivity contribution in [1.82, 2.24) is 10.2 Å². The van der Waals surface area contributed by atoms with Crippen LogP contribution in [0.2, 0.25) is 0 Å². The van der Waals surface area contributed by atoms with Crippen molar-refractivity contribution in [3.05, 3.63) is 107 Å². The molecule has 0 saturated carbocycles. The zero-order valence-electron chi connectivity index (χ0n) is 16.2. The van der Waals surface area contributed by atoms with Gasteiger partial charge < -0.3 is 5.32 Å². The maximum absolute atomic E-state index is 14.2. The molecule has 0 fully saturated rings. The molecule has 1 N–H and O–H groups in total. The molecule has 3 aromatic carbocycles. The fourth-order valence-electron chi connectivity index (χ4n) is 4.07. The summed E-state index contributed by atoms with van der Waals surface area (Å²) in [4.78, 5) is 2.51. The highest BCUT2D eigenvalue weighted by Gasteiger charge is 2.26. The molecule has 2 nitrogen and oxygen atoms in total. The Kier molecular flexibility index (Phi) is 6.15. The Bertz CT molecular complexity index is 894. The molecule has 0 saturated heterocycles. The normalized spacial score (nSPS) is 16.7. The fourth-order valence-corrected chi connectivity index (χ4v) is 4.07. The van der Waals surface area contributed by atoms with Gasteiger partial charge in [0.2, 0.25) is 0 Å². The minimum absolute atomic E-state index is 0.0940. The van der Waals surface area contributed by atoms with Gasteiger partial charge in [0.25, 0.3) is 0 Å². The van der Waals surface area contributed by atoms with Crippen molar-refractivity contribution >= 4 is 0 Å². The lowest BCUT2D eigenvalue weighted by atomic mass is 9.90. The molecule has 3 heteroatoms. The second-order valence-corrected chi connectivity index (χ2v) is 7.56. The summed E-state index contributed by atoms with van der Waals surface area (Å²) in [5, 5.41) is 3.55. The molecule has 0 radical (unpaired) electrons. The summed E-state index contributed by atoms with van der Waals surface area (Å²) in [6.07, 6.45) is 1.73. The molecule has 28 heavy (non-hydrogen) atoms. The SMILES string of the molecule is Fc1ccccc1CC1Cc2ccccc2CN1CCNCc1ccccc1. The molecule has 1 heterocycles. The highest BCUT2D eigenvalue weighted by Crippen LogP contribution is 2.25. The van der Waals surface area contributed by atoms with E-state index in [1.165, 1.54) is 16.7 Å². The Morgan fingerprint density at radius 3 is 2.39 bits per heavy atom. The number of hydrogen-bond acceptors (Lipinski definition) is 2. The van der Waals surface area contributed by atoms with Crippen LogP contribution in [0.4, 0.5) is 4.39 Å². The Labute approximate surface area is 167 Å². The van der Waals surface area contributed by atoms with E-state index in [2.05, 4.69) is 58.7 Å². The van der Waals surface area contributed by atoms with Crippen LogP contribution >= 0.6 is 0 Å². The molecule has 144 valence electrons. The molecule has 0 aromatic heterocycles. The van der Waals surface area contributed by atoms with Crippen molar-refractivity contribution in [3.8, 4) is 0 Å². The van der Waals surface area contributed by atoms with Crippen LogP contribution in [0, 0.1) is 5.82 Å². The van der Waals surface area contributed by atoms with Crippen LogP contribution in [0.5, 0.6) is 0 Å². The standard InChI is InChI=1S/C25H27FN2/c26-25-13-7-6-11-22(25)17-24-16-21-10-4-5-12-23(21)19-28(24)15-14-27-18-20-8-2-1-3-9-20/h1-13,24,27H,14-19H2. The Morgan fingerprint density at radius 1 is 0.857 bits per heavy atom. The first kappa shape index (κ1) is 18.9. The lowest BCUT2D eigenvalue weighted by Crippen LogP contribution is -2.44. The van der Waals surface area contributed by atoms with Gasteiger partial charge in [-0.05, 0) is 41.2 Å². The third kappa shape index (κ3) is 4.67. The van der Waals surface area contributed by atoms with Crippen LogP contribution in [0.3, 0.4) is 0 Å². The van der Waals surface area contributed by atoms with Gasteiger partial charge in [-0.2, -0.15) is 0 Å². The second kappa shape index (κ2) is 9.13. The van der Waals surface area contributed by atoms with Crippen LogP contribution < -0.4 is 5.32 Å². The average Bonchev–Trinajstić information content (AvgIpc) is 2.74. The van der Waals surface area contributed by atoms with Gasteiger partial charge >= 0.3 is 0 Å². The number of halogens is 1. The number of nitrogens with zero attached hydrogens (tertiary/aromatic N) is 1. The molecule has 0 amide bonds. The molecule has 0 aliphatic carbocycles. The van der Waals surface area contributed by atoms with E-state index in [4.69, 9.17) is 0 Å². The predicted octanol–water partition coefficient (Wildman–Crippen LogP) is 4.58. The number of benzene rings is 3. The topological polar surface area (TPSA) is 15.3 Å². The molecule has 0 bridgehead atoms. The molecule has 1 atom stereocenters. The summed E-state index contributed by atoms with van der Waals surface area (Å²) in [6, 6.07) is 26.6. The van der Waals surface area contributed by atoms with E-state index in [1.54, 1.807) is 12.1 Å². The van der Waals surface area contributed by atoms with E-state index in [9.17, 15) is 4.39 Å². The van der Waals surface area contributed by atoms with Gasteiger partial charge in [-0.1, -0.05) is 72.8 Å². The largest absolute Gasteiger partial charge is 0.311 e. The first-order valence-electron chi connectivity index (χ1n) is 10.1. The van der Waals surface area contributed by atoms with Crippen molar-refractivity contribution in [3.63, 3.8) is 0 Å². The summed E-state index contributed by atoms with van der Waals surface area (Å²) in [7, 11) is 0. The van der Waals surface area contributed by atoms with E-state index in [0.29, 0.717) is 6.04 Å². The molecular formula is C25H27FN2. The van der Waals surface area contributed by atoms with Crippen molar-refractivity contribution in [2.45, 2.75) is 32.0 Å². The lowest BCUT2D eigenvalue weighted by molar-refractivity contribution is 0.170. The number of rotatable bonds is 7. The number of fused-ring (bicyclic) bond motifs is 1. The number of hydrogen-bond donors (Lipinski definition) is 1. The maximum Gasteiger partial charge on any atom is 0.126 e. The van der Waals surface area contributed by atoms with Gasteiger partial charge in [0.1, 0.15) is 5.82 Å². The van der Waals surface area contributed by atoms with Crippen molar-refractivity contribution in [1.29, 1.82) is 0 Å². The lowest BCUT2D eigenvalue weighted by Gasteiger charge is -2.37. The minimum atomic E-state index is -0.0940. The van der Waals surface area contributed by atoms with Crippen molar-refractivity contribution in [2.75, 3.05) is 13.1 Å². The van der Waals surface area contributed by atoms with E-state index >= 15 is 0 Å². The Morgan fingerprint density at radius 2 is 1.57 bits per heavy atom. The molecule has 1 unspecified atom stereocenters. The van der Waals surface area contributed by atoms with E-state index < -0.39 is 0 Å². The van der Waals surface area contributed by atoms with Crippen LogP contribution in [0.1, 0.15) is 22.3 Å². The van der Waals surface area contributed by atoms with Gasteiger partial charge in [0.05, 0.1) is 0 Å². The van der Waals surface area contributed by atoms with Crippen LogP contribution in [0.15, 0.2) is 78.9 Å². The van der Waals surface area contributed by atoms with Gasteiger partial charge in [0.15, 0.2) is 0 Å². The zero-order valence-corrected chi connectivity index (χ0v) is 16.2. The minimum Gasteiger partial charge on any atom is -0.311 e. The summed E-state index contributed by atoms with van der Waals surface area (Å²) in [6.45, 7) is 3.69. The molecule has 1 aliphatic heterocycles. The Balaban J connectivity index is 1.42. The summed E-state index contributed by atoms with van der Waals surface area (Å²) < 4.78 is 14.2. The molecule has 3 aromatic rings. The monoisotopic (exact) mass is 374 g/mol. The zero-order chi connectivity index (χ0) is 19.2. The van der Waals surface area contributed by atoms with E-state index in [0.717, 1.165) is 44.6 Å².